The second-order valence-electron chi connectivity index (χ2n) is 7.99. The van der Waals surface area contributed by atoms with Gasteiger partial charge in [0.2, 0.25) is 5.75 Å². The molecule has 1 amide bonds. The van der Waals surface area contributed by atoms with Crippen LogP contribution in [-0.4, -0.2) is 47.4 Å². The zero-order valence-corrected chi connectivity index (χ0v) is 21.2. The molecule has 1 fully saturated rings. The molecule has 1 atom stereocenters. The van der Waals surface area contributed by atoms with E-state index >= 15 is 0 Å². The summed E-state index contributed by atoms with van der Waals surface area (Å²) in [5, 5.41) is 0. The Morgan fingerprint density at radius 3 is 1.97 bits per heavy atom. The van der Waals surface area contributed by atoms with Crippen molar-refractivity contribution < 1.29 is 38.0 Å². The Morgan fingerprint density at radius 2 is 1.38 bits per heavy atom. The Labute approximate surface area is 214 Å². The molecule has 1 aliphatic heterocycles. The summed E-state index contributed by atoms with van der Waals surface area (Å²) in [6, 6.07) is 14.7. The monoisotopic (exact) mass is 505 g/mol. The van der Waals surface area contributed by atoms with Crippen molar-refractivity contribution in [3.05, 3.63) is 77.9 Å². The fraction of sp³-hybridized carbons (Fsp3) is 0.214. The minimum absolute atomic E-state index is 0.188. The third-order valence-electron chi connectivity index (χ3n) is 6.04. The SMILES string of the molecule is C=C1C(=O)N(c2cc(OC)c(OC)c(OC)c2)C1c1ccc(OC)c(OC(=O)c2ccccc2OC)c1. The van der Waals surface area contributed by atoms with Crippen LogP contribution < -0.4 is 33.3 Å². The Balaban J connectivity index is 1.72. The van der Waals surface area contributed by atoms with E-state index in [4.69, 9.17) is 28.4 Å². The molecule has 1 unspecified atom stereocenters. The largest absolute Gasteiger partial charge is 0.496 e. The van der Waals surface area contributed by atoms with Crippen molar-refractivity contribution in [3.8, 4) is 34.5 Å². The van der Waals surface area contributed by atoms with E-state index in [1.807, 2.05) is 0 Å². The van der Waals surface area contributed by atoms with E-state index < -0.39 is 12.0 Å². The lowest BCUT2D eigenvalue weighted by Gasteiger charge is -2.42. The molecule has 9 nitrogen and oxygen atoms in total. The fourth-order valence-corrected chi connectivity index (χ4v) is 4.21. The van der Waals surface area contributed by atoms with Gasteiger partial charge >= 0.3 is 5.97 Å². The summed E-state index contributed by atoms with van der Waals surface area (Å²) in [4.78, 5) is 27.4. The summed E-state index contributed by atoms with van der Waals surface area (Å²) in [6.07, 6.45) is 0. The first-order chi connectivity index (χ1) is 17.9. The van der Waals surface area contributed by atoms with Gasteiger partial charge in [-0.3, -0.25) is 9.69 Å². The van der Waals surface area contributed by atoms with E-state index in [0.29, 0.717) is 45.6 Å². The number of para-hydroxylation sites is 1. The van der Waals surface area contributed by atoms with Gasteiger partial charge in [-0.1, -0.05) is 24.8 Å². The van der Waals surface area contributed by atoms with Gasteiger partial charge in [0.05, 0.1) is 47.3 Å². The topological polar surface area (TPSA) is 92.8 Å². The van der Waals surface area contributed by atoms with Crippen LogP contribution in [0, 0.1) is 0 Å². The predicted molar refractivity (Wildman–Crippen MR) is 136 cm³/mol. The third kappa shape index (κ3) is 4.51. The molecule has 0 saturated carbocycles. The van der Waals surface area contributed by atoms with E-state index in [1.54, 1.807) is 59.5 Å². The van der Waals surface area contributed by atoms with Crippen molar-refractivity contribution >= 4 is 17.6 Å². The number of carbonyl (C=O) groups excluding carboxylic acids is 2. The summed E-state index contributed by atoms with van der Waals surface area (Å²) in [5.74, 6) is 1.27. The first-order valence-corrected chi connectivity index (χ1v) is 11.2. The van der Waals surface area contributed by atoms with Crippen molar-refractivity contribution in [2.24, 2.45) is 0 Å². The van der Waals surface area contributed by atoms with Gasteiger partial charge in [-0.05, 0) is 29.8 Å². The van der Waals surface area contributed by atoms with Crippen LogP contribution in [0.1, 0.15) is 22.0 Å². The van der Waals surface area contributed by atoms with Crippen LogP contribution in [0.25, 0.3) is 0 Å². The van der Waals surface area contributed by atoms with Crippen LogP contribution in [0.2, 0.25) is 0 Å². The predicted octanol–water partition coefficient (Wildman–Crippen LogP) is 4.59. The Hall–Kier alpha value is -4.66. The van der Waals surface area contributed by atoms with Gasteiger partial charge in [-0.2, -0.15) is 0 Å². The number of nitrogens with zero attached hydrogens (tertiary/aromatic N) is 1. The zero-order valence-electron chi connectivity index (χ0n) is 21.2. The molecule has 1 saturated heterocycles. The van der Waals surface area contributed by atoms with Crippen molar-refractivity contribution in [1.29, 1.82) is 0 Å². The van der Waals surface area contributed by atoms with Crippen molar-refractivity contribution in [1.82, 2.24) is 0 Å². The van der Waals surface area contributed by atoms with Gasteiger partial charge in [0, 0.05) is 17.7 Å². The second-order valence-corrected chi connectivity index (χ2v) is 7.99. The van der Waals surface area contributed by atoms with Crippen LogP contribution in [-0.2, 0) is 4.79 Å². The lowest BCUT2D eigenvalue weighted by molar-refractivity contribution is -0.119. The highest BCUT2D eigenvalue weighted by molar-refractivity contribution is 6.15. The molecule has 1 heterocycles. The van der Waals surface area contributed by atoms with Gasteiger partial charge in [-0.15, -0.1) is 0 Å². The molecule has 37 heavy (non-hydrogen) atoms. The van der Waals surface area contributed by atoms with Crippen molar-refractivity contribution in [2.45, 2.75) is 6.04 Å². The van der Waals surface area contributed by atoms with Crippen molar-refractivity contribution in [3.63, 3.8) is 0 Å². The van der Waals surface area contributed by atoms with Gasteiger partial charge < -0.3 is 28.4 Å². The summed E-state index contributed by atoms with van der Waals surface area (Å²) < 4.78 is 32.7. The summed E-state index contributed by atoms with van der Waals surface area (Å²) in [6.45, 7) is 3.96. The minimum Gasteiger partial charge on any atom is -0.496 e. The highest BCUT2D eigenvalue weighted by atomic mass is 16.6. The van der Waals surface area contributed by atoms with E-state index in [1.165, 1.54) is 35.5 Å². The molecular weight excluding hydrogens is 478 g/mol. The molecule has 3 aromatic carbocycles. The summed E-state index contributed by atoms with van der Waals surface area (Å²) >= 11 is 0. The van der Waals surface area contributed by atoms with Gasteiger partial charge in [-0.25, -0.2) is 4.79 Å². The van der Waals surface area contributed by atoms with Crippen LogP contribution in [0.15, 0.2) is 66.7 Å². The molecule has 0 aliphatic carbocycles. The van der Waals surface area contributed by atoms with Crippen LogP contribution in [0.5, 0.6) is 34.5 Å². The summed E-state index contributed by atoms with van der Waals surface area (Å²) in [5.41, 5.74) is 1.84. The Morgan fingerprint density at radius 1 is 0.757 bits per heavy atom. The molecule has 0 N–H and O–H groups in total. The number of hydrogen-bond donors (Lipinski definition) is 0. The number of anilines is 1. The number of esters is 1. The average molecular weight is 506 g/mol. The molecule has 0 radical (unpaired) electrons. The van der Waals surface area contributed by atoms with Crippen LogP contribution >= 0.6 is 0 Å². The Bertz CT molecular complexity index is 1340. The number of amides is 1. The van der Waals surface area contributed by atoms with Crippen molar-refractivity contribution in [2.75, 3.05) is 40.4 Å². The first-order valence-electron chi connectivity index (χ1n) is 11.2. The fourth-order valence-electron chi connectivity index (χ4n) is 4.21. The van der Waals surface area contributed by atoms with Gasteiger partial charge in [0.25, 0.3) is 5.91 Å². The molecule has 0 aromatic heterocycles. The number of methoxy groups -OCH3 is 5. The summed E-state index contributed by atoms with van der Waals surface area (Å²) in [7, 11) is 7.46. The highest BCUT2D eigenvalue weighted by Gasteiger charge is 2.43. The molecule has 0 bridgehead atoms. The normalized spacial score (nSPS) is 14.5. The quantitative estimate of drug-likeness (QED) is 0.180. The van der Waals surface area contributed by atoms with Crippen LogP contribution in [0.3, 0.4) is 0 Å². The Kier molecular flexibility index (Phi) is 7.24. The average Bonchev–Trinajstić information content (AvgIpc) is 2.94. The molecule has 1 aliphatic rings. The second kappa shape index (κ2) is 10.5. The lowest BCUT2D eigenvalue weighted by Crippen LogP contribution is -2.48. The number of β-lactam (4-membered cyclic amide) rings is 1. The first kappa shape index (κ1) is 25.4. The number of hydrogen-bond acceptors (Lipinski definition) is 8. The number of ether oxygens (including phenoxy) is 6. The van der Waals surface area contributed by atoms with E-state index in [0.717, 1.165) is 0 Å². The van der Waals surface area contributed by atoms with Gasteiger partial charge in [0.1, 0.15) is 11.3 Å². The maximum atomic E-state index is 13.0. The van der Waals surface area contributed by atoms with Crippen LogP contribution in [0.4, 0.5) is 5.69 Å². The zero-order chi connectivity index (χ0) is 26.7. The maximum absolute atomic E-state index is 13.0. The molecule has 0 spiro atoms. The molecule has 4 rings (SSSR count). The minimum atomic E-state index is -0.613. The van der Waals surface area contributed by atoms with E-state index in [9.17, 15) is 9.59 Å². The van der Waals surface area contributed by atoms with Gasteiger partial charge in [0.15, 0.2) is 23.0 Å². The highest BCUT2D eigenvalue weighted by Crippen LogP contribution is 2.48. The molecule has 9 heteroatoms. The van der Waals surface area contributed by atoms with E-state index in [2.05, 4.69) is 6.58 Å². The van der Waals surface area contributed by atoms with E-state index in [-0.39, 0.29) is 17.2 Å². The lowest BCUT2D eigenvalue weighted by atomic mass is 9.88. The standard InChI is InChI=1S/C28H27NO8/c1-16-25(29(27(16)30)18-14-23(34-4)26(36-6)24(15-18)35-5)17-11-12-21(33-3)22(13-17)37-28(31)19-9-7-8-10-20(19)32-2/h7-15,25H,1H2,2-6H3. The maximum Gasteiger partial charge on any atom is 0.347 e. The number of benzene rings is 3. The molecule has 3 aromatic rings. The molecular formula is C28H27NO8. The smallest absolute Gasteiger partial charge is 0.347 e. The molecule has 192 valence electrons. The number of rotatable bonds is 9. The third-order valence-corrected chi connectivity index (χ3v) is 6.04. The number of carbonyl (C=O) groups is 2.